The number of esters is 1. The van der Waals surface area contributed by atoms with Gasteiger partial charge in [0, 0.05) is 19.6 Å². The summed E-state index contributed by atoms with van der Waals surface area (Å²) in [5, 5.41) is 2.81. The van der Waals surface area contributed by atoms with Gasteiger partial charge in [0.1, 0.15) is 13.2 Å². The molecule has 0 radical (unpaired) electrons. The molecule has 0 aliphatic rings. The van der Waals surface area contributed by atoms with Crippen molar-refractivity contribution in [1.82, 2.24) is 10.2 Å². The topological polar surface area (TPSA) is 67.9 Å². The fourth-order valence-corrected chi connectivity index (χ4v) is 3.74. The van der Waals surface area contributed by atoms with E-state index in [1.165, 1.54) is 69.8 Å². The highest BCUT2D eigenvalue weighted by Gasteiger charge is 2.10. The second kappa shape index (κ2) is 22.7. The quantitative estimate of drug-likeness (QED) is 0.154. The molecule has 202 valence electrons. The van der Waals surface area contributed by atoms with Crippen LogP contribution in [0, 0.1) is 5.92 Å². The van der Waals surface area contributed by atoms with Gasteiger partial charge in [-0.3, -0.25) is 9.69 Å². The molecule has 0 saturated carbocycles. The third-order valence-corrected chi connectivity index (χ3v) is 5.81. The molecule has 0 aliphatic heterocycles. The Morgan fingerprint density at radius 2 is 1.40 bits per heavy atom. The van der Waals surface area contributed by atoms with E-state index in [-0.39, 0.29) is 37.5 Å². The molecule has 35 heavy (non-hydrogen) atoms. The summed E-state index contributed by atoms with van der Waals surface area (Å²) >= 11 is 0. The van der Waals surface area contributed by atoms with Gasteiger partial charge in [0.2, 0.25) is 0 Å². The number of unbranched alkanes of at least 4 members (excludes halogenated alkanes) is 9. The number of carbonyl (C=O) groups excluding carboxylic acids is 2. The Labute approximate surface area is 219 Å². The Hall–Kier alpha value is -1.79. The van der Waals surface area contributed by atoms with E-state index in [0.717, 1.165) is 19.6 Å². The number of benzene rings is 1. The Morgan fingerprint density at radius 1 is 0.829 bits per heavy atom. The van der Waals surface area contributed by atoms with Crippen LogP contribution < -0.4 is 5.32 Å². The number of ether oxygens (including phenoxy) is 2. The van der Waals surface area contributed by atoms with E-state index in [2.05, 4.69) is 41.4 Å². The van der Waals surface area contributed by atoms with Crippen LogP contribution in [0.1, 0.15) is 90.5 Å². The third-order valence-electron chi connectivity index (χ3n) is 5.81. The normalized spacial score (nSPS) is 10.8. The Morgan fingerprint density at radius 3 is 2.00 bits per heavy atom. The number of alkyl carbamates (subject to hydrolysis) is 1. The molecular formula is C28H49ClN2O4. The van der Waals surface area contributed by atoms with Crippen molar-refractivity contribution in [3.8, 4) is 0 Å². The lowest BCUT2D eigenvalue weighted by Gasteiger charge is -2.22. The SMILES string of the molecule is CCCCCCCCCCCCN(CCNC(=O)OCCOC(=O)C(C)C)Cc1ccccc1.Cl. The van der Waals surface area contributed by atoms with E-state index in [1.807, 2.05) is 6.07 Å². The number of halogens is 1. The number of amides is 1. The second-order valence-electron chi connectivity index (χ2n) is 9.33. The molecule has 0 unspecified atom stereocenters. The third kappa shape index (κ3) is 19.1. The van der Waals surface area contributed by atoms with Gasteiger partial charge >= 0.3 is 12.1 Å². The van der Waals surface area contributed by atoms with E-state index in [9.17, 15) is 9.59 Å². The lowest BCUT2D eigenvalue weighted by Crippen LogP contribution is -2.36. The summed E-state index contributed by atoms with van der Waals surface area (Å²) in [6, 6.07) is 10.5. The molecule has 0 spiro atoms. The van der Waals surface area contributed by atoms with Crippen LogP contribution in [0.3, 0.4) is 0 Å². The molecule has 1 aromatic carbocycles. The number of rotatable bonds is 20. The smallest absolute Gasteiger partial charge is 0.407 e. The summed E-state index contributed by atoms with van der Waals surface area (Å²) in [5.41, 5.74) is 1.28. The highest BCUT2D eigenvalue weighted by Crippen LogP contribution is 2.12. The predicted molar refractivity (Wildman–Crippen MR) is 146 cm³/mol. The molecule has 0 saturated heterocycles. The molecule has 7 heteroatoms. The van der Waals surface area contributed by atoms with Crippen LogP contribution in [0.25, 0.3) is 0 Å². The van der Waals surface area contributed by atoms with Gasteiger partial charge in [-0.25, -0.2) is 4.79 Å². The Balaban J connectivity index is 0.0000116. The summed E-state index contributed by atoms with van der Waals surface area (Å²) in [5.74, 6) is -0.465. The minimum absolute atomic E-state index is 0. The number of hydrogen-bond donors (Lipinski definition) is 1. The Bertz CT molecular complexity index is 643. The van der Waals surface area contributed by atoms with Crippen molar-refractivity contribution < 1.29 is 19.1 Å². The van der Waals surface area contributed by atoms with E-state index >= 15 is 0 Å². The monoisotopic (exact) mass is 512 g/mol. The minimum Gasteiger partial charge on any atom is -0.462 e. The highest BCUT2D eigenvalue weighted by molar-refractivity contribution is 5.85. The maximum absolute atomic E-state index is 11.9. The summed E-state index contributed by atoms with van der Waals surface area (Å²) < 4.78 is 10.1. The van der Waals surface area contributed by atoms with Gasteiger partial charge in [0.15, 0.2) is 0 Å². The largest absolute Gasteiger partial charge is 0.462 e. The molecule has 0 heterocycles. The van der Waals surface area contributed by atoms with Gasteiger partial charge < -0.3 is 14.8 Å². The molecule has 1 N–H and O–H groups in total. The van der Waals surface area contributed by atoms with Crippen molar-refractivity contribution in [3.63, 3.8) is 0 Å². The number of nitrogens with zero attached hydrogens (tertiary/aromatic N) is 1. The van der Waals surface area contributed by atoms with Crippen LogP contribution in [-0.4, -0.2) is 49.8 Å². The molecule has 1 rings (SSSR count). The van der Waals surface area contributed by atoms with Gasteiger partial charge in [-0.1, -0.05) is 109 Å². The highest BCUT2D eigenvalue weighted by atomic mass is 35.5. The first-order valence-corrected chi connectivity index (χ1v) is 13.4. The zero-order valence-corrected chi connectivity index (χ0v) is 23.1. The van der Waals surface area contributed by atoms with Crippen molar-refractivity contribution >= 4 is 24.5 Å². The van der Waals surface area contributed by atoms with Crippen molar-refractivity contribution in [2.24, 2.45) is 5.92 Å². The molecule has 0 fully saturated rings. The van der Waals surface area contributed by atoms with Crippen molar-refractivity contribution in [1.29, 1.82) is 0 Å². The van der Waals surface area contributed by atoms with Gasteiger partial charge in [0.25, 0.3) is 0 Å². The summed E-state index contributed by atoms with van der Waals surface area (Å²) in [6.07, 6.45) is 12.8. The van der Waals surface area contributed by atoms with Crippen LogP contribution in [-0.2, 0) is 20.8 Å². The molecule has 1 amide bonds. The zero-order valence-electron chi connectivity index (χ0n) is 22.3. The zero-order chi connectivity index (χ0) is 24.9. The summed E-state index contributed by atoms with van der Waals surface area (Å²) in [6.45, 7) is 9.14. The van der Waals surface area contributed by atoms with E-state index < -0.39 is 6.09 Å². The standard InChI is InChI=1S/C28H48N2O4.ClH/c1-4-5-6-7-8-9-10-11-12-16-20-30(24-26-17-14-13-15-18-26)21-19-29-28(32)34-23-22-33-27(31)25(2)3;/h13-15,17-18,25H,4-12,16,19-24H2,1-3H3,(H,29,32);1H. The van der Waals surface area contributed by atoms with Gasteiger partial charge in [0.05, 0.1) is 5.92 Å². The molecule has 0 aromatic heterocycles. The van der Waals surface area contributed by atoms with Crippen molar-refractivity contribution in [2.45, 2.75) is 91.5 Å². The first-order valence-electron chi connectivity index (χ1n) is 13.4. The fourth-order valence-electron chi connectivity index (χ4n) is 3.74. The molecule has 0 aliphatic carbocycles. The van der Waals surface area contributed by atoms with Gasteiger partial charge in [-0.05, 0) is 18.5 Å². The fraction of sp³-hybridized carbons (Fsp3) is 0.714. The minimum atomic E-state index is -0.473. The first-order chi connectivity index (χ1) is 16.5. The second-order valence-corrected chi connectivity index (χ2v) is 9.33. The van der Waals surface area contributed by atoms with E-state index in [1.54, 1.807) is 13.8 Å². The first kappa shape index (κ1) is 33.2. The summed E-state index contributed by atoms with van der Waals surface area (Å²) in [7, 11) is 0. The van der Waals surface area contributed by atoms with Crippen molar-refractivity contribution in [3.05, 3.63) is 35.9 Å². The Kier molecular flexibility index (Phi) is 21.5. The molecule has 0 atom stereocenters. The average molecular weight is 513 g/mol. The number of hydrogen-bond acceptors (Lipinski definition) is 5. The van der Waals surface area contributed by atoms with Crippen LogP contribution in [0.4, 0.5) is 4.79 Å². The van der Waals surface area contributed by atoms with E-state index in [0.29, 0.717) is 6.54 Å². The maximum atomic E-state index is 11.9. The summed E-state index contributed by atoms with van der Waals surface area (Å²) in [4.78, 5) is 25.7. The van der Waals surface area contributed by atoms with E-state index in [4.69, 9.17) is 9.47 Å². The van der Waals surface area contributed by atoms with Crippen LogP contribution in [0.15, 0.2) is 30.3 Å². The molecule has 1 aromatic rings. The van der Waals surface area contributed by atoms with Gasteiger partial charge in [-0.15, -0.1) is 12.4 Å². The number of nitrogens with one attached hydrogen (secondary N) is 1. The number of carbonyl (C=O) groups is 2. The van der Waals surface area contributed by atoms with Crippen molar-refractivity contribution in [2.75, 3.05) is 32.8 Å². The van der Waals surface area contributed by atoms with Crippen LogP contribution >= 0.6 is 12.4 Å². The predicted octanol–water partition coefficient (Wildman–Crippen LogP) is 6.76. The average Bonchev–Trinajstić information content (AvgIpc) is 2.83. The maximum Gasteiger partial charge on any atom is 0.407 e. The van der Waals surface area contributed by atoms with Crippen LogP contribution in [0.5, 0.6) is 0 Å². The van der Waals surface area contributed by atoms with Gasteiger partial charge in [-0.2, -0.15) is 0 Å². The lowest BCUT2D eigenvalue weighted by molar-refractivity contribution is -0.148. The van der Waals surface area contributed by atoms with Crippen LogP contribution in [0.2, 0.25) is 0 Å². The molecule has 0 bridgehead atoms. The molecular weight excluding hydrogens is 464 g/mol. The molecule has 6 nitrogen and oxygen atoms in total. The lowest BCUT2D eigenvalue weighted by atomic mass is 10.1.